The second-order valence-electron chi connectivity index (χ2n) is 5.89. The van der Waals surface area contributed by atoms with Crippen LogP contribution in [-0.4, -0.2) is 45.3 Å². The summed E-state index contributed by atoms with van der Waals surface area (Å²) in [6.07, 6.45) is 5.92. The van der Waals surface area contributed by atoms with Crippen LogP contribution in [0.5, 0.6) is 0 Å². The summed E-state index contributed by atoms with van der Waals surface area (Å²) in [6, 6.07) is 0.205. The van der Waals surface area contributed by atoms with E-state index in [1.807, 2.05) is 6.20 Å². The van der Waals surface area contributed by atoms with Crippen molar-refractivity contribution in [1.82, 2.24) is 19.9 Å². The van der Waals surface area contributed by atoms with Gasteiger partial charge in [-0.25, -0.2) is 15.0 Å². The van der Waals surface area contributed by atoms with Crippen molar-refractivity contribution in [3.8, 4) is 0 Å². The molecule has 0 unspecified atom stereocenters. The number of thiazole rings is 1. The van der Waals surface area contributed by atoms with Crippen LogP contribution in [0.15, 0.2) is 12.4 Å². The number of nitrogens with zero attached hydrogens (tertiary/aromatic N) is 4. The lowest BCUT2D eigenvalue weighted by Gasteiger charge is -2.26. The van der Waals surface area contributed by atoms with Gasteiger partial charge in [-0.3, -0.25) is 19.8 Å². The van der Waals surface area contributed by atoms with Gasteiger partial charge in [0, 0.05) is 49.7 Å². The normalized spacial score (nSPS) is 15.8. The molecule has 3 heterocycles. The predicted octanol–water partition coefficient (Wildman–Crippen LogP) is 1.62. The first-order valence-corrected chi connectivity index (χ1v) is 8.91. The Bertz CT molecular complexity index is 778. The molecule has 0 saturated heterocycles. The molecule has 132 valence electrons. The van der Waals surface area contributed by atoms with Crippen molar-refractivity contribution in [3.05, 3.63) is 28.5 Å². The standard InChI is InChI=1S/C16H20N6O2S/c1-10(14-8-18-16(25-14)19-9-23)22-5-3-12-7-17-15(20-11(2)24)21-13(12)4-6-22/h7-10H,3-6H2,1-2H3,(H,18,19,23)(H,17,20,21,24)/t10-/m1/s1. The zero-order valence-electron chi connectivity index (χ0n) is 14.2. The van der Waals surface area contributed by atoms with Crippen molar-refractivity contribution in [2.24, 2.45) is 0 Å². The van der Waals surface area contributed by atoms with Crippen molar-refractivity contribution < 1.29 is 9.59 Å². The Kier molecular flexibility index (Phi) is 5.34. The molecule has 9 heteroatoms. The largest absolute Gasteiger partial charge is 0.305 e. The van der Waals surface area contributed by atoms with Gasteiger partial charge in [0.05, 0.1) is 5.69 Å². The highest BCUT2D eigenvalue weighted by molar-refractivity contribution is 7.15. The van der Waals surface area contributed by atoms with Gasteiger partial charge in [0.15, 0.2) is 5.13 Å². The third-order valence-electron chi connectivity index (χ3n) is 4.21. The average Bonchev–Trinajstić information content (AvgIpc) is 2.94. The van der Waals surface area contributed by atoms with Crippen LogP contribution in [0.1, 0.15) is 36.0 Å². The summed E-state index contributed by atoms with van der Waals surface area (Å²) in [4.78, 5) is 38.1. The van der Waals surface area contributed by atoms with Gasteiger partial charge >= 0.3 is 0 Å². The first-order valence-electron chi connectivity index (χ1n) is 8.09. The van der Waals surface area contributed by atoms with E-state index in [0.717, 1.165) is 42.1 Å². The highest BCUT2D eigenvalue weighted by Gasteiger charge is 2.22. The monoisotopic (exact) mass is 360 g/mol. The van der Waals surface area contributed by atoms with Crippen LogP contribution in [0, 0.1) is 0 Å². The molecule has 2 aromatic heterocycles. The summed E-state index contributed by atoms with van der Waals surface area (Å²) in [7, 11) is 0. The zero-order chi connectivity index (χ0) is 17.8. The van der Waals surface area contributed by atoms with E-state index < -0.39 is 0 Å². The fourth-order valence-corrected chi connectivity index (χ4v) is 3.74. The number of aromatic nitrogens is 3. The first kappa shape index (κ1) is 17.4. The lowest BCUT2D eigenvalue weighted by Crippen LogP contribution is -2.29. The highest BCUT2D eigenvalue weighted by atomic mass is 32.1. The molecule has 0 bridgehead atoms. The maximum Gasteiger partial charge on any atom is 0.229 e. The van der Waals surface area contributed by atoms with Crippen LogP contribution < -0.4 is 10.6 Å². The summed E-state index contributed by atoms with van der Waals surface area (Å²) in [5, 5.41) is 5.83. The number of fused-ring (bicyclic) bond motifs is 1. The van der Waals surface area contributed by atoms with E-state index in [1.54, 1.807) is 6.20 Å². The Labute approximate surface area is 149 Å². The molecular weight excluding hydrogens is 340 g/mol. The number of hydrogen-bond donors (Lipinski definition) is 2. The van der Waals surface area contributed by atoms with Crippen LogP contribution in [0.2, 0.25) is 0 Å². The van der Waals surface area contributed by atoms with E-state index in [-0.39, 0.29) is 11.9 Å². The van der Waals surface area contributed by atoms with E-state index in [4.69, 9.17) is 0 Å². The number of rotatable bonds is 5. The topological polar surface area (TPSA) is 100 Å². The minimum atomic E-state index is -0.172. The number of hydrogen-bond acceptors (Lipinski definition) is 7. The molecule has 0 spiro atoms. The van der Waals surface area contributed by atoms with Crippen molar-refractivity contribution in [3.63, 3.8) is 0 Å². The summed E-state index contributed by atoms with van der Waals surface area (Å²) in [5.41, 5.74) is 2.11. The molecule has 0 aliphatic carbocycles. The zero-order valence-corrected chi connectivity index (χ0v) is 15.0. The van der Waals surface area contributed by atoms with Crippen LogP contribution in [0.3, 0.4) is 0 Å². The Morgan fingerprint density at radius 2 is 2.12 bits per heavy atom. The quantitative estimate of drug-likeness (QED) is 0.786. The number of anilines is 2. The number of amides is 2. The maximum atomic E-state index is 11.2. The molecule has 1 atom stereocenters. The summed E-state index contributed by atoms with van der Waals surface area (Å²) < 4.78 is 0. The van der Waals surface area contributed by atoms with Crippen LogP contribution in [0.25, 0.3) is 0 Å². The summed E-state index contributed by atoms with van der Waals surface area (Å²) in [6.45, 7) is 5.34. The second kappa shape index (κ2) is 7.66. The van der Waals surface area contributed by atoms with Crippen LogP contribution in [-0.2, 0) is 22.4 Å². The molecule has 0 saturated carbocycles. The minimum Gasteiger partial charge on any atom is -0.305 e. The molecule has 0 radical (unpaired) electrons. The Morgan fingerprint density at radius 1 is 1.32 bits per heavy atom. The SMILES string of the molecule is CC(=O)Nc1ncc2c(n1)CCN([C@H](C)c1cnc(NC=O)s1)CC2. The second-order valence-corrected chi connectivity index (χ2v) is 6.95. The fourth-order valence-electron chi connectivity index (χ4n) is 2.87. The van der Waals surface area contributed by atoms with Gasteiger partial charge < -0.3 is 5.32 Å². The Morgan fingerprint density at radius 3 is 2.88 bits per heavy atom. The molecule has 0 aromatic carbocycles. The molecule has 25 heavy (non-hydrogen) atoms. The summed E-state index contributed by atoms with van der Waals surface area (Å²) in [5.74, 6) is 0.188. The Hall–Kier alpha value is -2.39. The minimum absolute atomic E-state index is 0.172. The van der Waals surface area contributed by atoms with Gasteiger partial charge in [-0.05, 0) is 18.9 Å². The average molecular weight is 360 g/mol. The number of carbonyl (C=O) groups excluding carboxylic acids is 2. The van der Waals surface area contributed by atoms with Crippen molar-refractivity contribution in [2.45, 2.75) is 32.7 Å². The van der Waals surface area contributed by atoms with E-state index >= 15 is 0 Å². The van der Waals surface area contributed by atoms with Gasteiger partial charge in [-0.1, -0.05) is 0 Å². The van der Waals surface area contributed by atoms with Gasteiger partial charge in [0.2, 0.25) is 18.3 Å². The lowest BCUT2D eigenvalue weighted by atomic mass is 10.1. The molecule has 8 nitrogen and oxygen atoms in total. The maximum absolute atomic E-state index is 11.2. The van der Waals surface area contributed by atoms with E-state index in [9.17, 15) is 9.59 Å². The van der Waals surface area contributed by atoms with E-state index in [2.05, 4.69) is 37.4 Å². The molecule has 1 aliphatic heterocycles. The predicted molar refractivity (Wildman–Crippen MR) is 95.5 cm³/mol. The highest BCUT2D eigenvalue weighted by Crippen LogP contribution is 2.29. The Balaban J connectivity index is 1.70. The van der Waals surface area contributed by atoms with Crippen LogP contribution >= 0.6 is 11.3 Å². The third kappa shape index (κ3) is 4.18. The van der Waals surface area contributed by atoms with E-state index in [0.29, 0.717) is 17.5 Å². The smallest absolute Gasteiger partial charge is 0.229 e. The number of carbonyl (C=O) groups is 2. The molecule has 3 rings (SSSR count). The number of nitrogens with one attached hydrogen (secondary N) is 2. The van der Waals surface area contributed by atoms with Gasteiger partial charge in [0.1, 0.15) is 0 Å². The summed E-state index contributed by atoms with van der Waals surface area (Å²) >= 11 is 1.49. The molecule has 2 aromatic rings. The van der Waals surface area contributed by atoms with Gasteiger partial charge in [0.25, 0.3) is 0 Å². The first-order chi connectivity index (χ1) is 12.1. The molecule has 1 aliphatic rings. The lowest BCUT2D eigenvalue weighted by molar-refractivity contribution is -0.114. The van der Waals surface area contributed by atoms with Crippen molar-refractivity contribution in [2.75, 3.05) is 23.7 Å². The molecule has 2 N–H and O–H groups in total. The van der Waals surface area contributed by atoms with E-state index in [1.165, 1.54) is 18.3 Å². The molecular formula is C16H20N6O2S. The van der Waals surface area contributed by atoms with Crippen molar-refractivity contribution in [1.29, 1.82) is 0 Å². The van der Waals surface area contributed by atoms with Gasteiger partial charge in [-0.15, -0.1) is 11.3 Å². The molecule has 0 fully saturated rings. The molecule has 2 amide bonds. The fraction of sp³-hybridized carbons (Fsp3) is 0.438. The third-order valence-corrected chi connectivity index (χ3v) is 5.31. The van der Waals surface area contributed by atoms with Gasteiger partial charge in [-0.2, -0.15) is 0 Å². The van der Waals surface area contributed by atoms with Crippen LogP contribution in [0.4, 0.5) is 11.1 Å². The van der Waals surface area contributed by atoms with Crippen molar-refractivity contribution >= 4 is 34.7 Å².